The van der Waals surface area contributed by atoms with E-state index in [2.05, 4.69) is 5.32 Å². The van der Waals surface area contributed by atoms with Gasteiger partial charge in [-0.15, -0.1) is 0 Å². The van der Waals surface area contributed by atoms with Gasteiger partial charge in [-0.25, -0.2) is 0 Å². The molecule has 0 bridgehead atoms. The molecule has 3 rings (SSSR count). The van der Waals surface area contributed by atoms with Crippen molar-refractivity contribution in [2.75, 3.05) is 5.32 Å². The molecule has 0 aromatic heterocycles. The lowest BCUT2D eigenvalue weighted by Gasteiger charge is -2.16. The molecule has 1 amide bonds. The van der Waals surface area contributed by atoms with Crippen LogP contribution in [0, 0.1) is 0 Å². The number of hydrogen-bond acceptors (Lipinski definition) is 2. The van der Waals surface area contributed by atoms with Crippen molar-refractivity contribution >= 4 is 34.0 Å². The summed E-state index contributed by atoms with van der Waals surface area (Å²) in [6.07, 6.45) is -5.46. The van der Waals surface area contributed by atoms with Crippen molar-refractivity contribution in [3.05, 3.63) is 71.2 Å². The van der Waals surface area contributed by atoms with E-state index in [0.717, 1.165) is 29.0 Å². The van der Waals surface area contributed by atoms with Crippen LogP contribution < -0.4 is 10.1 Å². The second-order valence-corrected chi connectivity index (χ2v) is 6.36. The molecule has 0 fully saturated rings. The van der Waals surface area contributed by atoms with Crippen molar-refractivity contribution in [1.82, 2.24) is 0 Å². The van der Waals surface area contributed by atoms with Gasteiger partial charge in [-0.1, -0.05) is 41.9 Å². The molecule has 0 heterocycles. The summed E-state index contributed by atoms with van der Waals surface area (Å²) >= 11 is 5.90. The minimum absolute atomic E-state index is 0.00857. The third-order valence-electron chi connectivity index (χ3n) is 3.95. The SMILES string of the molecule is C[C@@H](Oc1ccc2ccccc2c1)C(=O)Nc1cc(C(F)(F)F)ccc1Cl. The van der Waals surface area contributed by atoms with Crippen molar-refractivity contribution in [2.24, 2.45) is 0 Å². The lowest BCUT2D eigenvalue weighted by Crippen LogP contribution is -2.30. The van der Waals surface area contributed by atoms with Crippen molar-refractivity contribution in [3.8, 4) is 5.75 Å². The van der Waals surface area contributed by atoms with Crippen molar-refractivity contribution in [3.63, 3.8) is 0 Å². The first-order chi connectivity index (χ1) is 12.7. The van der Waals surface area contributed by atoms with Crippen molar-refractivity contribution < 1.29 is 22.7 Å². The number of benzene rings is 3. The largest absolute Gasteiger partial charge is 0.481 e. The number of amides is 1. The molecule has 27 heavy (non-hydrogen) atoms. The topological polar surface area (TPSA) is 38.3 Å². The number of hydrogen-bond donors (Lipinski definition) is 1. The van der Waals surface area contributed by atoms with E-state index in [4.69, 9.17) is 16.3 Å². The standard InChI is InChI=1S/C20H15ClF3NO2/c1-12(27-16-8-6-13-4-2-3-5-14(13)10-16)19(26)25-18-11-15(20(22,23)24)7-9-17(18)21/h2-12H,1H3,(H,25,26)/t12-/m1/s1. The molecule has 7 heteroatoms. The zero-order valence-corrected chi connectivity index (χ0v) is 14.9. The molecule has 0 saturated heterocycles. The summed E-state index contributed by atoms with van der Waals surface area (Å²) in [6, 6.07) is 15.8. The quantitative estimate of drug-likeness (QED) is 0.597. The van der Waals surface area contributed by atoms with Gasteiger partial charge >= 0.3 is 6.18 Å². The highest BCUT2D eigenvalue weighted by molar-refractivity contribution is 6.33. The third-order valence-corrected chi connectivity index (χ3v) is 4.28. The van der Waals surface area contributed by atoms with E-state index < -0.39 is 23.8 Å². The summed E-state index contributed by atoms with van der Waals surface area (Å²) in [6.45, 7) is 1.51. The van der Waals surface area contributed by atoms with Crippen LogP contribution >= 0.6 is 11.6 Å². The highest BCUT2D eigenvalue weighted by atomic mass is 35.5. The zero-order chi connectivity index (χ0) is 19.6. The maximum Gasteiger partial charge on any atom is 0.416 e. The zero-order valence-electron chi connectivity index (χ0n) is 14.2. The van der Waals surface area contributed by atoms with E-state index in [9.17, 15) is 18.0 Å². The van der Waals surface area contributed by atoms with Crippen LogP contribution in [0.25, 0.3) is 10.8 Å². The van der Waals surface area contributed by atoms with Gasteiger partial charge in [-0.2, -0.15) is 13.2 Å². The number of carbonyl (C=O) groups is 1. The Hall–Kier alpha value is -2.73. The van der Waals surface area contributed by atoms with Crippen LogP contribution in [0.4, 0.5) is 18.9 Å². The molecule has 0 unspecified atom stereocenters. The number of rotatable bonds is 4. The van der Waals surface area contributed by atoms with Gasteiger partial charge in [0.05, 0.1) is 16.3 Å². The summed E-state index contributed by atoms with van der Waals surface area (Å²) in [5, 5.41) is 4.37. The summed E-state index contributed by atoms with van der Waals surface area (Å²) < 4.78 is 44.1. The maximum atomic E-state index is 12.8. The summed E-state index contributed by atoms with van der Waals surface area (Å²) in [5.41, 5.74) is -1.02. The Labute approximate surface area is 158 Å². The van der Waals surface area contributed by atoms with E-state index in [1.165, 1.54) is 6.92 Å². The van der Waals surface area contributed by atoms with E-state index in [1.54, 1.807) is 12.1 Å². The maximum absolute atomic E-state index is 12.8. The predicted molar refractivity (Wildman–Crippen MR) is 99.1 cm³/mol. The molecule has 0 aliphatic rings. The minimum Gasteiger partial charge on any atom is -0.481 e. The lowest BCUT2D eigenvalue weighted by molar-refractivity contribution is -0.137. The molecule has 0 saturated carbocycles. The molecule has 0 aliphatic carbocycles. The summed E-state index contributed by atoms with van der Waals surface area (Å²) in [5.74, 6) is -0.129. The minimum atomic E-state index is -4.53. The van der Waals surface area contributed by atoms with Crippen LogP contribution in [-0.4, -0.2) is 12.0 Å². The average Bonchev–Trinajstić information content (AvgIpc) is 2.62. The molecule has 3 nitrogen and oxygen atoms in total. The Bertz CT molecular complexity index is 988. The average molecular weight is 394 g/mol. The Morgan fingerprint density at radius 2 is 1.74 bits per heavy atom. The van der Waals surface area contributed by atoms with Gasteiger partial charge < -0.3 is 10.1 Å². The van der Waals surface area contributed by atoms with Gasteiger partial charge in [0, 0.05) is 0 Å². The first-order valence-corrected chi connectivity index (χ1v) is 8.45. The second kappa shape index (κ2) is 7.48. The predicted octanol–water partition coefficient (Wildman–Crippen LogP) is 5.92. The van der Waals surface area contributed by atoms with Crippen molar-refractivity contribution in [1.29, 1.82) is 0 Å². The van der Waals surface area contributed by atoms with E-state index in [-0.39, 0.29) is 10.7 Å². The van der Waals surface area contributed by atoms with E-state index in [1.807, 2.05) is 30.3 Å². The van der Waals surface area contributed by atoms with Crippen LogP contribution in [0.3, 0.4) is 0 Å². The lowest BCUT2D eigenvalue weighted by atomic mass is 10.1. The molecule has 3 aromatic carbocycles. The first-order valence-electron chi connectivity index (χ1n) is 8.07. The number of fused-ring (bicyclic) bond motifs is 1. The normalized spacial score (nSPS) is 12.6. The van der Waals surface area contributed by atoms with Crippen LogP contribution in [0.5, 0.6) is 5.75 Å². The van der Waals surface area contributed by atoms with Crippen molar-refractivity contribution in [2.45, 2.75) is 19.2 Å². The van der Waals surface area contributed by atoms with E-state index >= 15 is 0 Å². The fourth-order valence-electron chi connectivity index (χ4n) is 2.53. The number of alkyl halides is 3. The van der Waals surface area contributed by atoms with Crippen LogP contribution in [-0.2, 0) is 11.0 Å². The number of anilines is 1. The Kier molecular flexibility index (Phi) is 5.28. The molecule has 0 spiro atoms. The van der Waals surface area contributed by atoms with Crippen LogP contribution in [0.15, 0.2) is 60.7 Å². The summed E-state index contributed by atoms with van der Waals surface area (Å²) in [4.78, 5) is 12.3. The van der Waals surface area contributed by atoms with Crippen LogP contribution in [0.2, 0.25) is 5.02 Å². The highest BCUT2D eigenvalue weighted by Gasteiger charge is 2.31. The van der Waals surface area contributed by atoms with E-state index in [0.29, 0.717) is 5.75 Å². The first kappa shape index (κ1) is 19.0. The Morgan fingerprint density at radius 1 is 1.04 bits per heavy atom. The number of ether oxygens (including phenoxy) is 1. The monoisotopic (exact) mass is 393 g/mol. The number of carbonyl (C=O) groups excluding carboxylic acids is 1. The molecule has 0 aliphatic heterocycles. The smallest absolute Gasteiger partial charge is 0.416 e. The van der Waals surface area contributed by atoms with Gasteiger partial charge in [-0.05, 0) is 48.0 Å². The number of nitrogens with one attached hydrogen (secondary N) is 1. The van der Waals surface area contributed by atoms with Gasteiger partial charge in [0.1, 0.15) is 5.75 Å². The summed E-state index contributed by atoms with van der Waals surface area (Å²) in [7, 11) is 0. The molecular weight excluding hydrogens is 379 g/mol. The van der Waals surface area contributed by atoms with Gasteiger partial charge in [0.25, 0.3) is 5.91 Å². The third kappa shape index (κ3) is 4.52. The molecule has 140 valence electrons. The van der Waals surface area contributed by atoms with Crippen LogP contribution in [0.1, 0.15) is 12.5 Å². The second-order valence-electron chi connectivity index (χ2n) is 5.95. The van der Waals surface area contributed by atoms with Gasteiger partial charge in [-0.3, -0.25) is 4.79 Å². The molecule has 3 aromatic rings. The molecule has 1 atom stereocenters. The fraction of sp³-hybridized carbons (Fsp3) is 0.150. The fourth-order valence-corrected chi connectivity index (χ4v) is 2.69. The number of halogens is 4. The Morgan fingerprint density at radius 3 is 2.44 bits per heavy atom. The Balaban J connectivity index is 1.73. The van der Waals surface area contributed by atoms with Gasteiger partial charge in [0.15, 0.2) is 6.10 Å². The molecule has 1 N–H and O–H groups in total. The molecular formula is C20H15ClF3NO2. The van der Waals surface area contributed by atoms with Gasteiger partial charge in [0.2, 0.25) is 0 Å². The highest BCUT2D eigenvalue weighted by Crippen LogP contribution is 2.34. The molecule has 0 radical (unpaired) electrons.